The molecular formula is C20H16N4O3. The fourth-order valence-electron chi connectivity index (χ4n) is 2.76. The van der Waals surface area contributed by atoms with Crippen LogP contribution in [0.2, 0.25) is 0 Å². The number of rotatable bonds is 4. The lowest BCUT2D eigenvalue weighted by molar-refractivity contribution is 0.102. The Morgan fingerprint density at radius 2 is 1.93 bits per heavy atom. The van der Waals surface area contributed by atoms with Crippen LogP contribution in [-0.2, 0) is 6.54 Å². The molecule has 0 aliphatic rings. The van der Waals surface area contributed by atoms with E-state index in [0.29, 0.717) is 29.2 Å². The minimum absolute atomic E-state index is 0.155. The van der Waals surface area contributed by atoms with Gasteiger partial charge in [-0.25, -0.2) is 9.67 Å². The largest absolute Gasteiger partial charge is 0.441 e. The molecule has 2 aromatic carbocycles. The van der Waals surface area contributed by atoms with E-state index in [9.17, 15) is 9.59 Å². The quantitative estimate of drug-likeness (QED) is 0.604. The molecule has 7 heteroatoms. The van der Waals surface area contributed by atoms with Gasteiger partial charge in [-0.05, 0) is 29.8 Å². The van der Waals surface area contributed by atoms with Gasteiger partial charge in [0.15, 0.2) is 11.5 Å². The molecule has 0 unspecified atom stereocenters. The standard InChI is InChI=1S/C20H16N4O3/c1-13-21-17-11-15(7-9-18(17)27-13)22-20(26)16-8-10-19(25)24(23-16)12-14-5-3-2-4-6-14/h2-11H,12H2,1H3,(H,22,26). The Bertz CT molecular complexity index is 1180. The van der Waals surface area contributed by atoms with E-state index in [1.54, 1.807) is 25.1 Å². The summed E-state index contributed by atoms with van der Waals surface area (Å²) >= 11 is 0. The summed E-state index contributed by atoms with van der Waals surface area (Å²) in [5.74, 6) is 0.152. The average Bonchev–Trinajstić information content (AvgIpc) is 3.03. The van der Waals surface area contributed by atoms with Gasteiger partial charge in [0, 0.05) is 18.7 Å². The van der Waals surface area contributed by atoms with Crippen molar-refractivity contribution in [2.75, 3.05) is 5.32 Å². The number of amides is 1. The van der Waals surface area contributed by atoms with E-state index in [4.69, 9.17) is 4.42 Å². The maximum atomic E-state index is 12.5. The number of carbonyl (C=O) groups excluding carboxylic acids is 1. The Balaban J connectivity index is 1.57. The van der Waals surface area contributed by atoms with Crippen LogP contribution in [0.4, 0.5) is 5.69 Å². The van der Waals surface area contributed by atoms with E-state index in [-0.39, 0.29) is 11.3 Å². The van der Waals surface area contributed by atoms with E-state index in [1.165, 1.54) is 16.8 Å². The number of nitrogens with zero attached hydrogens (tertiary/aromatic N) is 3. The minimum Gasteiger partial charge on any atom is -0.441 e. The van der Waals surface area contributed by atoms with Crippen LogP contribution in [0.15, 0.2) is 69.9 Å². The monoisotopic (exact) mass is 360 g/mol. The number of anilines is 1. The van der Waals surface area contributed by atoms with Gasteiger partial charge in [-0.3, -0.25) is 9.59 Å². The van der Waals surface area contributed by atoms with Crippen molar-refractivity contribution in [1.29, 1.82) is 0 Å². The highest BCUT2D eigenvalue weighted by Crippen LogP contribution is 2.20. The Morgan fingerprint density at radius 3 is 2.74 bits per heavy atom. The first kappa shape index (κ1) is 16.7. The van der Waals surface area contributed by atoms with E-state index >= 15 is 0 Å². The van der Waals surface area contributed by atoms with Gasteiger partial charge in [0.25, 0.3) is 11.5 Å². The highest BCUT2D eigenvalue weighted by atomic mass is 16.3. The first-order chi connectivity index (χ1) is 13.1. The molecule has 0 aliphatic heterocycles. The van der Waals surface area contributed by atoms with Crippen molar-refractivity contribution >= 4 is 22.7 Å². The van der Waals surface area contributed by atoms with Gasteiger partial charge >= 0.3 is 0 Å². The zero-order valence-corrected chi connectivity index (χ0v) is 14.5. The topological polar surface area (TPSA) is 90.0 Å². The predicted molar refractivity (Wildman–Crippen MR) is 101 cm³/mol. The molecule has 7 nitrogen and oxygen atoms in total. The van der Waals surface area contributed by atoms with Crippen molar-refractivity contribution in [2.24, 2.45) is 0 Å². The second-order valence-corrected chi connectivity index (χ2v) is 6.07. The molecule has 1 N–H and O–H groups in total. The van der Waals surface area contributed by atoms with Gasteiger partial charge in [0.2, 0.25) is 0 Å². The molecule has 0 saturated carbocycles. The number of aryl methyl sites for hydroxylation is 1. The number of hydrogen-bond acceptors (Lipinski definition) is 5. The van der Waals surface area contributed by atoms with Crippen molar-refractivity contribution in [3.63, 3.8) is 0 Å². The average molecular weight is 360 g/mol. The molecule has 4 aromatic rings. The SMILES string of the molecule is Cc1nc2cc(NC(=O)c3ccc(=O)n(Cc4ccccc4)n3)ccc2o1. The molecule has 4 rings (SSSR count). The van der Waals surface area contributed by atoms with Crippen molar-refractivity contribution in [3.05, 3.63) is 88.2 Å². The highest BCUT2D eigenvalue weighted by Gasteiger charge is 2.12. The fraction of sp³-hybridized carbons (Fsp3) is 0.100. The molecule has 0 radical (unpaired) electrons. The predicted octanol–water partition coefficient (Wildman–Crippen LogP) is 2.99. The minimum atomic E-state index is -0.406. The summed E-state index contributed by atoms with van der Waals surface area (Å²) in [6.45, 7) is 2.06. The zero-order valence-electron chi connectivity index (χ0n) is 14.5. The normalized spacial score (nSPS) is 10.9. The second-order valence-electron chi connectivity index (χ2n) is 6.07. The van der Waals surface area contributed by atoms with Crippen molar-refractivity contribution in [2.45, 2.75) is 13.5 Å². The molecule has 134 valence electrons. The fourth-order valence-corrected chi connectivity index (χ4v) is 2.76. The van der Waals surface area contributed by atoms with E-state index < -0.39 is 5.91 Å². The summed E-state index contributed by atoms with van der Waals surface area (Å²) in [5.41, 5.74) is 2.70. The molecule has 0 spiro atoms. The van der Waals surface area contributed by atoms with Crippen LogP contribution in [0.5, 0.6) is 0 Å². The van der Waals surface area contributed by atoms with E-state index in [2.05, 4.69) is 15.4 Å². The van der Waals surface area contributed by atoms with Crippen LogP contribution in [0.1, 0.15) is 21.9 Å². The molecule has 0 aliphatic carbocycles. The van der Waals surface area contributed by atoms with Crippen molar-refractivity contribution in [3.8, 4) is 0 Å². The van der Waals surface area contributed by atoms with Crippen LogP contribution in [0.25, 0.3) is 11.1 Å². The van der Waals surface area contributed by atoms with Gasteiger partial charge < -0.3 is 9.73 Å². The third-order valence-corrected chi connectivity index (χ3v) is 4.03. The third-order valence-electron chi connectivity index (χ3n) is 4.03. The first-order valence-electron chi connectivity index (χ1n) is 8.39. The summed E-state index contributed by atoms with van der Waals surface area (Å²) in [6, 6.07) is 17.4. The maximum Gasteiger partial charge on any atom is 0.276 e. The number of oxazole rings is 1. The Hall–Kier alpha value is -3.74. The van der Waals surface area contributed by atoms with E-state index in [0.717, 1.165) is 5.56 Å². The number of benzene rings is 2. The van der Waals surface area contributed by atoms with Gasteiger partial charge in [-0.1, -0.05) is 30.3 Å². The maximum absolute atomic E-state index is 12.5. The molecule has 0 saturated heterocycles. The smallest absolute Gasteiger partial charge is 0.276 e. The lowest BCUT2D eigenvalue weighted by atomic mass is 10.2. The van der Waals surface area contributed by atoms with Gasteiger partial charge in [0.1, 0.15) is 11.2 Å². The van der Waals surface area contributed by atoms with Gasteiger partial charge in [-0.2, -0.15) is 5.10 Å². The molecular weight excluding hydrogens is 344 g/mol. The van der Waals surface area contributed by atoms with Crippen LogP contribution in [0, 0.1) is 6.92 Å². The van der Waals surface area contributed by atoms with Crippen molar-refractivity contribution < 1.29 is 9.21 Å². The first-order valence-corrected chi connectivity index (χ1v) is 8.39. The number of carbonyl (C=O) groups is 1. The zero-order chi connectivity index (χ0) is 18.8. The summed E-state index contributed by atoms with van der Waals surface area (Å²) in [7, 11) is 0. The molecule has 2 heterocycles. The lowest BCUT2D eigenvalue weighted by Gasteiger charge is -2.08. The van der Waals surface area contributed by atoms with Crippen LogP contribution in [0.3, 0.4) is 0 Å². The third kappa shape index (κ3) is 3.62. The van der Waals surface area contributed by atoms with E-state index in [1.807, 2.05) is 30.3 Å². The molecule has 0 atom stereocenters. The number of nitrogens with one attached hydrogen (secondary N) is 1. The van der Waals surface area contributed by atoms with Crippen LogP contribution >= 0.6 is 0 Å². The summed E-state index contributed by atoms with van der Waals surface area (Å²) in [5, 5.41) is 6.96. The van der Waals surface area contributed by atoms with Gasteiger partial charge in [-0.15, -0.1) is 0 Å². The van der Waals surface area contributed by atoms with Gasteiger partial charge in [0.05, 0.1) is 6.54 Å². The summed E-state index contributed by atoms with van der Waals surface area (Å²) in [4.78, 5) is 28.8. The summed E-state index contributed by atoms with van der Waals surface area (Å²) < 4.78 is 6.70. The molecule has 1 amide bonds. The Morgan fingerprint density at radius 1 is 1.11 bits per heavy atom. The molecule has 0 bridgehead atoms. The Labute approximate surface area is 154 Å². The lowest BCUT2D eigenvalue weighted by Crippen LogP contribution is -2.26. The molecule has 2 aromatic heterocycles. The molecule has 0 fully saturated rings. The summed E-state index contributed by atoms with van der Waals surface area (Å²) in [6.07, 6.45) is 0. The van der Waals surface area contributed by atoms with Crippen molar-refractivity contribution in [1.82, 2.24) is 14.8 Å². The number of aromatic nitrogens is 3. The second kappa shape index (κ2) is 6.87. The van der Waals surface area contributed by atoms with Crippen LogP contribution in [-0.4, -0.2) is 20.7 Å². The number of hydrogen-bond donors (Lipinski definition) is 1. The number of fused-ring (bicyclic) bond motifs is 1. The highest BCUT2D eigenvalue weighted by molar-refractivity contribution is 6.03. The van der Waals surface area contributed by atoms with Crippen LogP contribution < -0.4 is 10.9 Å². The Kier molecular flexibility index (Phi) is 4.25. The molecule has 27 heavy (non-hydrogen) atoms.